The average Bonchev–Trinajstić information content (AvgIpc) is 1.25. The Bertz CT molecular complexity index is 20.0. The first-order chi connectivity index (χ1) is 3.46. The Kier molecular flexibility index (Phi) is 21.4. The van der Waals surface area contributed by atoms with Gasteiger partial charge in [0.05, 0.1) is 0 Å². The summed E-state index contributed by atoms with van der Waals surface area (Å²) in [5.74, 6) is 2.83. The summed E-state index contributed by atoms with van der Waals surface area (Å²) in [5, 5.41) is 0. The zero-order valence-electron chi connectivity index (χ0n) is 7.71. The van der Waals surface area contributed by atoms with E-state index in [2.05, 4.69) is 41.5 Å². The minimum absolute atomic E-state index is 0. The van der Waals surface area contributed by atoms with Gasteiger partial charge in [-0.25, -0.2) is 0 Å². The molecular weight excluding hydrogens is 208 g/mol. The summed E-state index contributed by atoms with van der Waals surface area (Å²) in [5.41, 5.74) is 0. The maximum atomic E-state index is 2.08. The Morgan fingerprint density at radius 1 is 0.556 bits per heavy atom. The summed E-state index contributed by atoms with van der Waals surface area (Å²) in [4.78, 5) is 0. The third-order valence-electron chi connectivity index (χ3n) is 0. The molecule has 0 amide bonds. The summed E-state index contributed by atoms with van der Waals surface area (Å²) in [6.45, 7) is 12.5. The van der Waals surface area contributed by atoms with Crippen LogP contribution in [0.1, 0.15) is 41.5 Å². The van der Waals surface area contributed by atoms with Crippen LogP contribution in [0, 0.1) is 11.8 Å². The van der Waals surface area contributed by atoms with Crippen molar-refractivity contribution in [2.45, 2.75) is 41.5 Å². The molecule has 0 bridgehead atoms. The van der Waals surface area contributed by atoms with Crippen LogP contribution in [0.4, 0.5) is 0 Å². The van der Waals surface area contributed by atoms with Crippen molar-refractivity contribution in [1.82, 2.24) is 0 Å². The van der Waals surface area contributed by atoms with Crippen molar-refractivity contribution in [2.24, 2.45) is 0 Å². The fraction of sp³-hybridized carbons (Fsp3) is 0.750. The van der Waals surface area contributed by atoms with Gasteiger partial charge < -0.3 is 11.8 Å². The van der Waals surface area contributed by atoms with E-state index in [0.717, 1.165) is 0 Å². The molecule has 0 aromatic carbocycles. The molecule has 0 spiro atoms. The SMILES string of the molecule is C[C-](C)C.C[C-](C)C.[Cd+2]. The van der Waals surface area contributed by atoms with Gasteiger partial charge in [-0.2, -0.15) is 41.5 Å². The fourth-order valence-corrected chi connectivity index (χ4v) is 0. The van der Waals surface area contributed by atoms with Crippen LogP contribution >= 0.6 is 0 Å². The molecule has 0 aliphatic rings. The summed E-state index contributed by atoms with van der Waals surface area (Å²) in [6, 6.07) is 0. The van der Waals surface area contributed by atoms with E-state index in [1.165, 1.54) is 11.8 Å². The molecule has 0 radical (unpaired) electrons. The fourth-order valence-electron chi connectivity index (χ4n) is 0. The van der Waals surface area contributed by atoms with Crippen LogP contribution < -0.4 is 0 Å². The Morgan fingerprint density at radius 3 is 0.556 bits per heavy atom. The normalized spacial score (nSPS) is 8.00. The van der Waals surface area contributed by atoms with Crippen molar-refractivity contribution < 1.29 is 27.3 Å². The quantitative estimate of drug-likeness (QED) is 0.439. The Balaban J connectivity index is -0.0000000720. The molecule has 0 unspecified atom stereocenters. The van der Waals surface area contributed by atoms with Crippen LogP contribution in [-0.4, -0.2) is 0 Å². The summed E-state index contributed by atoms with van der Waals surface area (Å²) in [6.07, 6.45) is 0. The van der Waals surface area contributed by atoms with Gasteiger partial charge in [0.25, 0.3) is 0 Å². The summed E-state index contributed by atoms with van der Waals surface area (Å²) in [7, 11) is 0. The largest absolute Gasteiger partial charge is 2.00 e. The van der Waals surface area contributed by atoms with Gasteiger partial charge >= 0.3 is 27.3 Å². The zero-order chi connectivity index (χ0) is 7.15. The zero-order valence-corrected chi connectivity index (χ0v) is 11.7. The van der Waals surface area contributed by atoms with E-state index in [4.69, 9.17) is 0 Å². The van der Waals surface area contributed by atoms with Gasteiger partial charge in [-0.1, -0.05) is 0 Å². The first kappa shape index (κ1) is 16.5. The number of hydrogen-bond donors (Lipinski definition) is 0. The molecule has 1 heteroatoms. The molecule has 0 saturated carbocycles. The van der Waals surface area contributed by atoms with Crippen LogP contribution in [0.2, 0.25) is 0 Å². The maximum absolute atomic E-state index is 2.08. The molecular formula is C8H18Cd. The summed E-state index contributed by atoms with van der Waals surface area (Å²) >= 11 is 0. The van der Waals surface area contributed by atoms with Crippen LogP contribution in [-0.2, 0) is 27.3 Å². The first-order valence-electron chi connectivity index (χ1n) is 3.00. The average molecular weight is 227 g/mol. The van der Waals surface area contributed by atoms with Gasteiger partial charge in [0.2, 0.25) is 0 Å². The molecule has 0 N–H and O–H groups in total. The minimum Gasteiger partial charge on any atom is -0.323 e. The molecule has 0 rings (SSSR count). The monoisotopic (exact) mass is 228 g/mol. The van der Waals surface area contributed by atoms with Gasteiger partial charge in [0.15, 0.2) is 0 Å². The molecule has 0 heterocycles. The second kappa shape index (κ2) is 11.7. The van der Waals surface area contributed by atoms with Crippen molar-refractivity contribution in [3.63, 3.8) is 0 Å². The van der Waals surface area contributed by atoms with E-state index in [-0.39, 0.29) is 27.3 Å². The third kappa shape index (κ3) is 503. The molecule has 0 atom stereocenters. The predicted octanol–water partition coefficient (Wildman–Crippen LogP) is 3.24. The van der Waals surface area contributed by atoms with Gasteiger partial charge in [0, 0.05) is 0 Å². The Hall–Kier alpha value is 0.922. The molecule has 0 nitrogen and oxygen atoms in total. The van der Waals surface area contributed by atoms with E-state index in [0.29, 0.717) is 0 Å². The molecule has 0 aliphatic heterocycles. The van der Waals surface area contributed by atoms with Crippen LogP contribution in [0.5, 0.6) is 0 Å². The third-order valence-corrected chi connectivity index (χ3v) is 0. The number of rotatable bonds is 0. The van der Waals surface area contributed by atoms with Crippen LogP contribution in [0.25, 0.3) is 0 Å². The molecule has 0 aromatic heterocycles. The second-order valence-electron chi connectivity index (χ2n) is 3.00. The maximum Gasteiger partial charge on any atom is 2.00 e. The van der Waals surface area contributed by atoms with Crippen molar-refractivity contribution >= 4 is 0 Å². The molecule has 52 valence electrons. The van der Waals surface area contributed by atoms with Crippen LogP contribution in [0.15, 0.2) is 0 Å². The van der Waals surface area contributed by atoms with E-state index in [1.807, 2.05) is 0 Å². The van der Waals surface area contributed by atoms with Gasteiger partial charge in [0.1, 0.15) is 0 Å². The number of hydrogen-bond acceptors (Lipinski definition) is 0. The van der Waals surface area contributed by atoms with E-state index < -0.39 is 0 Å². The van der Waals surface area contributed by atoms with Crippen molar-refractivity contribution in [3.05, 3.63) is 11.8 Å². The van der Waals surface area contributed by atoms with E-state index in [1.54, 1.807) is 0 Å². The molecule has 0 aromatic rings. The van der Waals surface area contributed by atoms with Gasteiger partial charge in [-0.15, -0.1) is 0 Å². The van der Waals surface area contributed by atoms with E-state index >= 15 is 0 Å². The van der Waals surface area contributed by atoms with Crippen molar-refractivity contribution in [2.75, 3.05) is 0 Å². The molecule has 9 heavy (non-hydrogen) atoms. The first-order valence-corrected chi connectivity index (χ1v) is 3.00. The minimum atomic E-state index is 0. The second-order valence-corrected chi connectivity index (χ2v) is 3.00. The van der Waals surface area contributed by atoms with Gasteiger partial charge in [-0.05, 0) is 0 Å². The topological polar surface area (TPSA) is 0 Å². The predicted molar refractivity (Wildman–Crippen MR) is 40.5 cm³/mol. The Labute approximate surface area is 80.6 Å². The van der Waals surface area contributed by atoms with Crippen LogP contribution in [0.3, 0.4) is 0 Å². The van der Waals surface area contributed by atoms with Crippen molar-refractivity contribution in [3.8, 4) is 0 Å². The molecule has 0 fully saturated rings. The smallest absolute Gasteiger partial charge is 0.323 e. The van der Waals surface area contributed by atoms with E-state index in [9.17, 15) is 0 Å². The molecule has 0 aliphatic carbocycles. The van der Waals surface area contributed by atoms with Gasteiger partial charge in [-0.3, -0.25) is 0 Å². The Morgan fingerprint density at radius 2 is 0.556 bits per heavy atom. The standard InChI is InChI=1S/2C4H9.Cd/c2*1-4(2)3;/h2*1-3H3;/q2*-1;+2. The molecule has 0 saturated heterocycles. The summed E-state index contributed by atoms with van der Waals surface area (Å²) < 4.78 is 0. The van der Waals surface area contributed by atoms with Crippen molar-refractivity contribution in [1.29, 1.82) is 0 Å².